The Morgan fingerprint density at radius 2 is 1.85 bits per heavy atom. The fraction of sp³-hybridized carbons (Fsp3) is 0.692. The number of aromatic nitrogens is 2. The van der Waals surface area contributed by atoms with Crippen molar-refractivity contribution in [2.75, 3.05) is 12.9 Å². The summed E-state index contributed by atoms with van der Waals surface area (Å²) in [6, 6.07) is 0. The Hall–Kier alpha value is -0.785. The molecule has 110 valence electrons. The fourth-order valence-electron chi connectivity index (χ4n) is 1.84. The van der Waals surface area contributed by atoms with E-state index in [1.165, 1.54) is 11.8 Å². The summed E-state index contributed by atoms with van der Waals surface area (Å²) in [6.45, 7) is 10.5. The summed E-state index contributed by atoms with van der Waals surface area (Å²) in [5, 5.41) is 0.675. The third-order valence-electron chi connectivity index (χ3n) is 3.73. The minimum absolute atomic E-state index is 0.390. The van der Waals surface area contributed by atoms with Crippen LogP contribution in [0.15, 0.2) is 11.4 Å². The van der Waals surface area contributed by atoms with Crippen LogP contribution in [0.5, 0.6) is 5.88 Å². The molecule has 1 aromatic heterocycles. The molecular formula is C13H21BN2O3S. The van der Waals surface area contributed by atoms with E-state index in [0.717, 1.165) is 5.46 Å². The zero-order valence-corrected chi connectivity index (χ0v) is 13.7. The first-order chi connectivity index (χ1) is 9.30. The Morgan fingerprint density at radius 1 is 1.25 bits per heavy atom. The Bertz CT molecular complexity index is 481. The van der Waals surface area contributed by atoms with Gasteiger partial charge in [-0.2, -0.15) is 4.98 Å². The van der Waals surface area contributed by atoms with Crippen LogP contribution in [0.25, 0.3) is 0 Å². The summed E-state index contributed by atoms with van der Waals surface area (Å²) in [6.07, 6.45) is 3.66. The van der Waals surface area contributed by atoms with Gasteiger partial charge < -0.3 is 14.0 Å². The van der Waals surface area contributed by atoms with Crippen LogP contribution < -0.4 is 10.2 Å². The molecule has 1 fully saturated rings. The molecule has 0 saturated carbocycles. The largest absolute Gasteiger partial charge is 0.502 e. The first-order valence-electron chi connectivity index (χ1n) is 6.70. The summed E-state index contributed by atoms with van der Waals surface area (Å²) < 4.78 is 17.6. The van der Waals surface area contributed by atoms with Gasteiger partial charge in [0.25, 0.3) is 0 Å². The minimum Gasteiger partial charge on any atom is -0.478 e. The smallest absolute Gasteiger partial charge is 0.478 e. The Balaban J connectivity index is 2.34. The number of hydrogen-bond acceptors (Lipinski definition) is 6. The molecule has 0 aromatic carbocycles. The Morgan fingerprint density at radius 3 is 2.35 bits per heavy atom. The van der Waals surface area contributed by atoms with Crippen LogP contribution >= 0.6 is 11.8 Å². The topological polar surface area (TPSA) is 53.5 Å². The van der Waals surface area contributed by atoms with Crippen LogP contribution in [0.2, 0.25) is 0 Å². The number of thioether (sulfide) groups is 1. The van der Waals surface area contributed by atoms with Crippen molar-refractivity contribution < 1.29 is 14.0 Å². The summed E-state index contributed by atoms with van der Waals surface area (Å²) in [4.78, 5) is 8.68. The van der Waals surface area contributed by atoms with Crippen LogP contribution in [0, 0.1) is 0 Å². The van der Waals surface area contributed by atoms with E-state index in [4.69, 9.17) is 14.0 Å². The van der Waals surface area contributed by atoms with Gasteiger partial charge in [0.1, 0.15) is 0 Å². The van der Waals surface area contributed by atoms with E-state index >= 15 is 0 Å². The predicted molar refractivity (Wildman–Crippen MR) is 80.7 cm³/mol. The number of ether oxygens (including phenoxy) is 1. The highest BCUT2D eigenvalue weighted by molar-refractivity contribution is 7.98. The van der Waals surface area contributed by atoms with Crippen molar-refractivity contribution in [3.05, 3.63) is 6.20 Å². The second-order valence-electron chi connectivity index (χ2n) is 5.64. The molecule has 0 bridgehead atoms. The van der Waals surface area contributed by atoms with Crippen LogP contribution in [-0.4, -0.2) is 41.2 Å². The van der Waals surface area contributed by atoms with Crippen molar-refractivity contribution in [1.82, 2.24) is 9.97 Å². The molecule has 0 amide bonds. The van der Waals surface area contributed by atoms with Crippen LogP contribution in [-0.2, 0) is 9.31 Å². The molecule has 2 heterocycles. The molecule has 0 N–H and O–H groups in total. The fourth-order valence-corrected chi connectivity index (χ4v) is 2.17. The summed E-state index contributed by atoms with van der Waals surface area (Å²) in [5.74, 6) is 0.533. The van der Waals surface area contributed by atoms with Gasteiger partial charge in [-0.25, -0.2) is 4.98 Å². The first-order valence-corrected chi connectivity index (χ1v) is 7.92. The van der Waals surface area contributed by atoms with Gasteiger partial charge >= 0.3 is 7.12 Å². The van der Waals surface area contributed by atoms with Gasteiger partial charge in [0.15, 0.2) is 5.16 Å². The SMILES string of the molecule is CCOc1nc(SC)ncc1B1OC(C)(C)C(C)(C)O1. The summed E-state index contributed by atoms with van der Waals surface area (Å²) >= 11 is 1.48. The molecule has 7 heteroatoms. The van der Waals surface area contributed by atoms with E-state index in [1.54, 1.807) is 6.20 Å². The number of rotatable bonds is 4. The first kappa shape index (κ1) is 15.6. The second-order valence-corrected chi connectivity index (χ2v) is 6.41. The highest BCUT2D eigenvalue weighted by Crippen LogP contribution is 2.37. The maximum atomic E-state index is 6.02. The van der Waals surface area contributed by atoms with Crippen molar-refractivity contribution in [3.63, 3.8) is 0 Å². The van der Waals surface area contributed by atoms with Gasteiger partial charge in [-0.15, -0.1) is 0 Å². The zero-order valence-electron chi connectivity index (χ0n) is 12.9. The highest BCUT2D eigenvalue weighted by atomic mass is 32.2. The molecule has 20 heavy (non-hydrogen) atoms. The molecule has 1 aliphatic rings. The molecule has 5 nitrogen and oxygen atoms in total. The van der Waals surface area contributed by atoms with Gasteiger partial charge in [0, 0.05) is 6.20 Å². The van der Waals surface area contributed by atoms with Crippen molar-refractivity contribution in [2.45, 2.75) is 51.0 Å². The molecule has 0 atom stereocenters. The lowest BCUT2D eigenvalue weighted by Gasteiger charge is -2.32. The average Bonchev–Trinajstić information content (AvgIpc) is 2.58. The van der Waals surface area contributed by atoms with Gasteiger partial charge in [0.05, 0.1) is 23.3 Å². The summed E-state index contributed by atoms with van der Waals surface area (Å²) in [7, 11) is -0.502. The monoisotopic (exact) mass is 296 g/mol. The van der Waals surface area contributed by atoms with Gasteiger partial charge in [0.2, 0.25) is 5.88 Å². The van der Waals surface area contributed by atoms with E-state index in [1.807, 2.05) is 40.9 Å². The minimum atomic E-state index is -0.502. The van der Waals surface area contributed by atoms with Crippen molar-refractivity contribution in [2.24, 2.45) is 0 Å². The summed E-state index contributed by atoms with van der Waals surface area (Å²) in [5.41, 5.74) is -0.0399. The van der Waals surface area contributed by atoms with Crippen molar-refractivity contribution >= 4 is 24.3 Å². The molecule has 2 rings (SSSR count). The van der Waals surface area contributed by atoms with Gasteiger partial charge in [-0.1, -0.05) is 11.8 Å². The normalized spacial score (nSPS) is 20.2. The third kappa shape index (κ3) is 2.80. The van der Waals surface area contributed by atoms with Crippen LogP contribution in [0.4, 0.5) is 0 Å². The van der Waals surface area contributed by atoms with Crippen LogP contribution in [0.3, 0.4) is 0 Å². The molecule has 0 radical (unpaired) electrons. The van der Waals surface area contributed by atoms with Gasteiger partial charge in [-0.3, -0.25) is 0 Å². The molecule has 1 aliphatic heterocycles. The van der Waals surface area contributed by atoms with E-state index < -0.39 is 7.12 Å². The molecule has 1 aromatic rings. The lowest BCUT2D eigenvalue weighted by molar-refractivity contribution is 0.00578. The predicted octanol–water partition coefficient (Wildman–Crippen LogP) is 1.90. The van der Waals surface area contributed by atoms with E-state index in [-0.39, 0.29) is 11.2 Å². The standard InChI is InChI=1S/C13H21BN2O3S/c1-7-17-10-9(8-15-11(16-10)20-6)14-18-12(2,3)13(4,5)19-14/h8H,7H2,1-6H3. The average molecular weight is 296 g/mol. The van der Waals surface area contributed by atoms with Gasteiger partial charge in [-0.05, 0) is 40.9 Å². The molecule has 0 unspecified atom stereocenters. The highest BCUT2D eigenvalue weighted by Gasteiger charge is 2.52. The lowest BCUT2D eigenvalue weighted by Crippen LogP contribution is -2.41. The van der Waals surface area contributed by atoms with E-state index in [9.17, 15) is 0 Å². The Labute approximate surface area is 125 Å². The number of nitrogens with zero attached hydrogens (tertiary/aromatic N) is 2. The van der Waals surface area contributed by atoms with Crippen molar-refractivity contribution in [1.29, 1.82) is 0 Å². The maximum Gasteiger partial charge on any atom is 0.502 e. The van der Waals surface area contributed by atoms with E-state index in [2.05, 4.69) is 9.97 Å². The maximum absolute atomic E-state index is 6.02. The molecule has 0 spiro atoms. The lowest BCUT2D eigenvalue weighted by atomic mass is 9.81. The second kappa shape index (κ2) is 5.54. The number of hydrogen-bond donors (Lipinski definition) is 0. The molecular weight excluding hydrogens is 275 g/mol. The zero-order chi connectivity index (χ0) is 15.0. The van der Waals surface area contributed by atoms with Crippen molar-refractivity contribution in [3.8, 4) is 5.88 Å². The third-order valence-corrected chi connectivity index (χ3v) is 4.29. The molecule has 1 saturated heterocycles. The molecule has 0 aliphatic carbocycles. The van der Waals surface area contributed by atoms with E-state index in [0.29, 0.717) is 17.6 Å². The Kier molecular flexibility index (Phi) is 4.32. The quantitative estimate of drug-likeness (QED) is 0.480. The van der Waals surface area contributed by atoms with Crippen LogP contribution in [0.1, 0.15) is 34.6 Å².